The zero-order valence-electron chi connectivity index (χ0n) is 17.8. The van der Waals surface area contributed by atoms with Crippen LogP contribution in [0.2, 0.25) is 0 Å². The summed E-state index contributed by atoms with van der Waals surface area (Å²) in [5.74, 6) is -0.0432. The Labute approximate surface area is 193 Å². The highest BCUT2D eigenvalue weighted by Gasteiger charge is 2.48. The maximum Gasteiger partial charge on any atom is 0.416 e. The summed E-state index contributed by atoms with van der Waals surface area (Å²) in [5.41, 5.74) is 1.08. The van der Waals surface area contributed by atoms with Gasteiger partial charge in [0, 0.05) is 17.3 Å². The normalized spacial score (nSPS) is 24.0. The number of hydrogen-bond acceptors (Lipinski definition) is 6. The summed E-state index contributed by atoms with van der Waals surface area (Å²) in [7, 11) is 0. The van der Waals surface area contributed by atoms with Crippen molar-refractivity contribution in [3.05, 3.63) is 78.0 Å². The number of benzene rings is 2. The van der Waals surface area contributed by atoms with Crippen molar-refractivity contribution >= 4 is 11.9 Å². The molecule has 0 unspecified atom stereocenters. The first kappa shape index (κ1) is 22.3. The molecule has 1 aromatic heterocycles. The molecule has 34 heavy (non-hydrogen) atoms. The van der Waals surface area contributed by atoms with Crippen LogP contribution in [0.15, 0.2) is 66.9 Å². The van der Waals surface area contributed by atoms with E-state index in [1.807, 2.05) is 36.4 Å². The van der Waals surface area contributed by atoms with Crippen LogP contribution in [0, 0.1) is 0 Å². The maximum absolute atomic E-state index is 12.7. The number of aromatic nitrogens is 2. The van der Waals surface area contributed by atoms with Crippen molar-refractivity contribution in [3.63, 3.8) is 0 Å². The molecule has 10 heteroatoms. The predicted molar refractivity (Wildman–Crippen MR) is 117 cm³/mol. The second-order valence-corrected chi connectivity index (χ2v) is 8.13. The van der Waals surface area contributed by atoms with Gasteiger partial charge in [-0.1, -0.05) is 30.3 Å². The molecule has 7 nitrogen and oxygen atoms in total. The molecular weight excluding hydrogens is 449 g/mol. The molecule has 3 heterocycles. The third-order valence-electron chi connectivity index (χ3n) is 5.88. The van der Waals surface area contributed by atoms with Crippen molar-refractivity contribution in [3.8, 4) is 11.3 Å². The average Bonchev–Trinajstić information content (AvgIpc) is 3.43. The van der Waals surface area contributed by atoms with Gasteiger partial charge in [0.1, 0.15) is 12.2 Å². The molecule has 1 amide bonds. The Bertz CT molecular complexity index is 1160. The van der Waals surface area contributed by atoms with Crippen LogP contribution in [0.25, 0.3) is 11.3 Å². The summed E-state index contributed by atoms with van der Waals surface area (Å²) < 4.78 is 50.0. The minimum absolute atomic E-state index is 0.134. The molecule has 2 aliphatic heterocycles. The van der Waals surface area contributed by atoms with Crippen molar-refractivity contribution in [1.29, 1.82) is 0 Å². The molecule has 0 bridgehead atoms. The van der Waals surface area contributed by atoms with E-state index in [1.165, 1.54) is 0 Å². The SMILES string of the molecule is O=C(N[C@H]1CO[C@H]2[C@H]1OC[C@H]2Nc1nccc(-c2ccccc2)n1)c1ccc(C(F)(F)F)cc1. The largest absolute Gasteiger partial charge is 0.416 e. The van der Waals surface area contributed by atoms with Crippen LogP contribution in [0.3, 0.4) is 0 Å². The van der Waals surface area contributed by atoms with Crippen LogP contribution in [0.4, 0.5) is 19.1 Å². The predicted octanol–water partition coefficient (Wildman–Crippen LogP) is 3.54. The highest BCUT2D eigenvalue weighted by Crippen LogP contribution is 2.30. The number of carbonyl (C=O) groups excluding carboxylic acids is 1. The molecule has 2 N–H and O–H groups in total. The first-order chi connectivity index (χ1) is 16.4. The topological polar surface area (TPSA) is 85.4 Å². The molecule has 176 valence electrons. The number of ether oxygens (including phenoxy) is 2. The monoisotopic (exact) mass is 470 g/mol. The lowest BCUT2D eigenvalue weighted by molar-refractivity contribution is -0.137. The number of carbonyl (C=O) groups is 1. The Balaban J connectivity index is 1.21. The molecule has 0 radical (unpaired) electrons. The van der Waals surface area contributed by atoms with Gasteiger partial charge in [-0.05, 0) is 30.3 Å². The van der Waals surface area contributed by atoms with Crippen LogP contribution >= 0.6 is 0 Å². The molecule has 2 saturated heterocycles. The number of alkyl halides is 3. The van der Waals surface area contributed by atoms with Gasteiger partial charge in [-0.3, -0.25) is 4.79 Å². The standard InChI is InChI=1S/C24H21F3N4O3/c25-24(26,27)16-8-6-15(7-9-16)22(32)29-18-12-33-21-19(13-34-20(18)21)31-23-28-11-10-17(30-23)14-4-2-1-3-5-14/h1-11,18-21H,12-13H2,(H,29,32)(H,28,30,31)/t18-,19+,20-,21+/m0/s1. The summed E-state index contributed by atoms with van der Waals surface area (Å²) in [4.78, 5) is 21.4. The Morgan fingerprint density at radius 1 is 0.912 bits per heavy atom. The van der Waals surface area contributed by atoms with Gasteiger partial charge in [0.15, 0.2) is 0 Å². The van der Waals surface area contributed by atoms with E-state index < -0.39 is 29.8 Å². The Morgan fingerprint density at radius 2 is 1.59 bits per heavy atom. The Hall–Kier alpha value is -3.50. The minimum atomic E-state index is -4.45. The van der Waals surface area contributed by atoms with Crippen molar-refractivity contribution in [1.82, 2.24) is 15.3 Å². The summed E-state index contributed by atoms with van der Waals surface area (Å²) >= 11 is 0. The zero-order chi connectivity index (χ0) is 23.7. The van der Waals surface area contributed by atoms with Gasteiger partial charge in [-0.25, -0.2) is 9.97 Å². The molecular formula is C24H21F3N4O3. The van der Waals surface area contributed by atoms with Gasteiger partial charge < -0.3 is 20.1 Å². The smallest absolute Gasteiger partial charge is 0.371 e. The molecule has 2 aliphatic rings. The van der Waals surface area contributed by atoms with E-state index in [0.717, 1.165) is 35.5 Å². The van der Waals surface area contributed by atoms with E-state index >= 15 is 0 Å². The summed E-state index contributed by atoms with van der Waals surface area (Å²) in [6.07, 6.45) is -3.51. The second kappa shape index (κ2) is 9.03. The van der Waals surface area contributed by atoms with Crippen LogP contribution in [0.1, 0.15) is 15.9 Å². The van der Waals surface area contributed by atoms with Crippen LogP contribution in [0.5, 0.6) is 0 Å². The number of amides is 1. The third-order valence-corrected chi connectivity index (χ3v) is 5.88. The van der Waals surface area contributed by atoms with Crippen LogP contribution < -0.4 is 10.6 Å². The first-order valence-electron chi connectivity index (χ1n) is 10.7. The van der Waals surface area contributed by atoms with Gasteiger partial charge in [-0.2, -0.15) is 13.2 Å². The molecule has 2 fully saturated rings. The summed E-state index contributed by atoms with van der Waals surface area (Å²) in [6, 6.07) is 15.0. The van der Waals surface area contributed by atoms with Gasteiger partial charge >= 0.3 is 6.18 Å². The number of nitrogens with one attached hydrogen (secondary N) is 2. The number of anilines is 1. The maximum atomic E-state index is 12.7. The van der Waals surface area contributed by atoms with Crippen LogP contribution in [-0.2, 0) is 15.7 Å². The molecule has 2 aromatic carbocycles. The van der Waals surface area contributed by atoms with Gasteiger partial charge in [0.25, 0.3) is 5.91 Å². The summed E-state index contributed by atoms with van der Waals surface area (Å²) in [5, 5.41) is 6.07. The minimum Gasteiger partial charge on any atom is -0.371 e. The fourth-order valence-corrected chi connectivity index (χ4v) is 4.17. The lowest BCUT2D eigenvalue weighted by Gasteiger charge is -2.18. The number of nitrogens with zero attached hydrogens (tertiary/aromatic N) is 2. The van der Waals surface area contributed by atoms with Gasteiger partial charge in [0.05, 0.1) is 36.6 Å². The van der Waals surface area contributed by atoms with Crippen molar-refractivity contribution in [2.75, 3.05) is 18.5 Å². The van der Waals surface area contributed by atoms with Gasteiger partial charge in [-0.15, -0.1) is 0 Å². The van der Waals surface area contributed by atoms with Crippen molar-refractivity contribution in [2.45, 2.75) is 30.5 Å². The van der Waals surface area contributed by atoms with E-state index in [9.17, 15) is 18.0 Å². The molecule has 0 aliphatic carbocycles. The Kier molecular flexibility index (Phi) is 5.93. The molecule has 0 spiro atoms. The number of fused-ring (bicyclic) bond motifs is 1. The summed E-state index contributed by atoms with van der Waals surface area (Å²) in [6.45, 7) is 0.561. The van der Waals surface area contributed by atoms with Gasteiger partial charge in [0.2, 0.25) is 5.95 Å². The van der Waals surface area contributed by atoms with E-state index in [4.69, 9.17) is 9.47 Å². The van der Waals surface area contributed by atoms with E-state index in [1.54, 1.807) is 6.20 Å². The fraction of sp³-hybridized carbons (Fsp3) is 0.292. The highest BCUT2D eigenvalue weighted by molar-refractivity contribution is 5.94. The van der Waals surface area contributed by atoms with E-state index in [-0.39, 0.29) is 24.3 Å². The average molecular weight is 470 g/mol. The van der Waals surface area contributed by atoms with Crippen molar-refractivity contribution < 1.29 is 27.4 Å². The first-order valence-corrected chi connectivity index (χ1v) is 10.7. The lowest BCUT2D eigenvalue weighted by atomic mass is 10.1. The van der Waals surface area contributed by atoms with E-state index in [2.05, 4.69) is 20.6 Å². The van der Waals surface area contributed by atoms with Crippen LogP contribution in [-0.4, -0.2) is 53.4 Å². The number of rotatable bonds is 5. The molecule has 0 saturated carbocycles. The quantitative estimate of drug-likeness (QED) is 0.594. The number of halogens is 3. The van der Waals surface area contributed by atoms with Crippen molar-refractivity contribution in [2.24, 2.45) is 0 Å². The molecule has 3 aromatic rings. The van der Waals surface area contributed by atoms with E-state index in [0.29, 0.717) is 12.6 Å². The second-order valence-electron chi connectivity index (χ2n) is 8.13. The lowest BCUT2D eigenvalue weighted by Crippen LogP contribution is -2.44. The zero-order valence-corrected chi connectivity index (χ0v) is 17.8. The molecule has 5 rings (SSSR count). The fourth-order valence-electron chi connectivity index (χ4n) is 4.17. The Morgan fingerprint density at radius 3 is 2.29 bits per heavy atom. The number of hydrogen-bond donors (Lipinski definition) is 2. The highest BCUT2D eigenvalue weighted by atomic mass is 19.4. The molecule has 4 atom stereocenters. The third kappa shape index (κ3) is 4.59.